The van der Waals surface area contributed by atoms with E-state index in [1.165, 1.54) is 0 Å². The Morgan fingerprint density at radius 2 is 1.00 bits per heavy atom. The Kier molecular flexibility index (Phi) is 7.09. The van der Waals surface area contributed by atoms with Crippen LogP contribution in [0.1, 0.15) is 0 Å². The highest BCUT2D eigenvalue weighted by Gasteiger charge is 1.94. The fourth-order valence-corrected chi connectivity index (χ4v) is 13.3. The average molecular weight is 251 g/mol. The summed E-state index contributed by atoms with van der Waals surface area (Å²) in [7, 11) is 12.6. The van der Waals surface area contributed by atoms with E-state index >= 15 is 0 Å². The molecule has 0 N–H and O–H groups in total. The number of rotatable bonds is 0. The van der Waals surface area contributed by atoms with E-state index in [0.29, 0.717) is 0 Å². The van der Waals surface area contributed by atoms with E-state index in [1.807, 2.05) is 29.5 Å². The Hall–Kier alpha value is 2.19. The van der Waals surface area contributed by atoms with Crippen LogP contribution in [0.4, 0.5) is 0 Å². The van der Waals surface area contributed by atoms with E-state index in [9.17, 15) is 0 Å². The van der Waals surface area contributed by atoms with Crippen molar-refractivity contribution in [2.24, 2.45) is 0 Å². The molecule has 0 spiro atoms. The summed E-state index contributed by atoms with van der Waals surface area (Å²) in [4.78, 5) is 0. The fourth-order valence-electron chi connectivity index (χ4n) is 0.157. The van der Waals surface area contributed by atoms with Gasteiger partial charge in [0.15, 0.2) is 0 Å². The van der Waals surface area contributed by atoms with Gasteiger partial charge in [-0.25, -0.2) is 0 Å². The predicted molar refractivity (Wildman–Crippen MR) is 62.3 cm³/mol. The summed E-state index contributed by atoms with van der Waals surface area (Å²) in [5, 5.41) is 4.23. The molecule has 7 heteroatoms. The average Bonchev–Trinajstić information content (AvgIpc) is 2.00. The zero-order valence-electron chi connectivity index (χ0n) is 4.01. The van der Waals surface area contributed by atoms with Crippen molar-refractivity contribution in [2.75, 3.05) is 0 Å². The van der Waals surface area contributed by atoms with Crippen molar-refractivity contribution in [1.29, 1.82) is 0 Å². The van der Waals surface area contributed by atoms with Gasteiger partial charge in [-0.1, -0.05) is 21.6 Å². The molecule has 52 valence electrons. The molecule has 0 aliphatic carbocycles. The smallest absolute Gasteiger partial charge is 0.0000334 e. The summed E-state index contributed by atoms with van der Waals surface area (Å²) in [6.07, 6.45) is 0. The van der Waals surface area contributed by atoms with Gasteiger partial charge < -0.3 is 0 Å². The molecule has 0 fully saturated rings. The molecule has 0 atom stereocenters. The first-order chi connectivity index (χ1) is 4.50. The highest BCUT2D eigenvalue weighted by Crippen LogP contribution is 2.57. The highest BCUT2D eigenvalue weighted by atomic mass is 33.9. The Morgan fingerprint density at radius 3 is 1.56 bits per heavy atom. The summed E-state index contributed by atoms with van der Waals surface area (Å²) in [5.41, 5.74) is 0. The van der Waals surface area contributed by atoms with Crippen LogP contribution in [0.5, 0.6) is 0 Å². The molecule has 0 aromatic rings. The van der Waals surface area contributed by atoms with Crippen LogP contribution in [0.15, 0.2) is 10.8 Å². The van der Waals surface area contributed by atoms with Gasteiger partial charge in [-0.15, -0.1) is 0 Å². The summed E-state index contributed by atoms with van der Waals surface area (Å²) in [5.74, 6) is 0. The number of hydrogen-bond acceptors (Lipinski definition) is 7. The summed E-state index contributed by atoms with van der Waals surface area (Å²) < 4.78 is 0. The molecule has 0 unspecified atom stereocenters. The van der Waals surface area contributed by atoms with Gasteiger partial charge in [0.1, 0.15) is 0 Å². The Balaban J connectivity index is 2.15. The van der Waals surface area contributed by atoms with Gasteiger partial charge in [-0.2, -0.15) is 0 Å². The molecule has 0 saturated heterocycles. The van der Waals surface area contributed by atoms with Crippen LogP contribution in [0.25, 0.3) is 0 Å². The van der Waals surface area contributed by atoms with Gasteiger partial charge in [0.05, 0.1) is 0 Å². The van der Waals surface area contributed by atoms with Crippen molar-refractivity contribution < 1.29 is 0 Å². The van der Waals surface area contributed by atoms with Crippen LogP contribution in [-0.4, -0.2) is 0 Å². The molecule has 1 aliphatic heterocycles. The molecular formula is C2H2S7. The normalized spacial score (nSPS) is 25.8. The quantitative estimate of drug-likeness (QED) is 0.542. The zero-order chi connectivity index (χ0) is 6.36. The maximum Gasteiger partial charge on any atom is -0.0000334 e. The van der Waals surface area contributed by atoms with Crippen LogP contribution < -0.4 is 0 Å². The lowest BCUT2D eigenvalue weighted by Gasteiger charge is -1.89. The minimum atomic E-state index is 1.77. The zero-order valence-corrected chi connectivity index (χ0v) is 9.73. The highest BCUT2D eigenvalue weighted by molar-refractivity contribution is 9.46. The van der Waals surface area contributed by atoms with Crippen molar-refractivity contribution in [3.8, 4) is 0 Å². The molecule has 0 aromatic carbocycles. The first-order valence-corrected chi connectivity index (χ1v) is 10.7. The molecule has 1 aliphatic rings. The Bertz CT molecular complexity index is 78.9. The molecule has 0 saturated carbocycles. The van der Waals surface area contributed by atoms with Crippen molar-refractivity contribution in [3.05, 3.63) is 10.8 Å². The van der Waals surface area contributed by atoms with Crippen LogP contribution in [0.2, 0.25) is 0 Å². The second-order valence-corrected chi connectivity index (χ2v) is 11.7. The van der Waals surface area contributed by atoms with Gasteiger partial charge in [0, 0.05) is 0 Å². The minimum Gasteiger partial charge on any atom is -0.0527 e. The topological polar surface area (TPSA) is 0 Å². The fraction of sp³-hybridized carbons (Fsp3) is 0. The maximum atomic E-state index is 2.11. The molecular weight excluding hydrogens is 248 g/mol. The van der Waals surface area contributed by atoms with Gasteiger partial charge in [0.2, 0.25) is 0 Å². The Labute approximate surface area is 80.7 Å². The lowest BCUT2D eigenvalue weighted by atomic mass is 11.3. The van der Waals surface area contributed by atoms with E-state index in [1.54, 1.807) is 41.2 Å². The third kappa shape index (κ3) is 5.46. The maximum absolute atomic E-state index is 2.11. The number of hydrogen-bond donors (Lipinski definition) is 0. The molecule has 0 amide bonds. The monoisotopic (exact) mass is 250 g/mol. The first kappa shape index (κ1) is 9.28. The summed E-state index contributed by atoms with van der Waals surface area (Å²) in [6, 6.07) is 0. The van der Waals surface area contributed by atoms with Crippen molar-refractivity contribution in [2.45, 2.75) is 0 Å². The Morgan fingerprint density at radius 1 is 0.556 bits per heavy atom. The third-order valence-electron chi connectivity index (χ3n) is 0.356. The van der Waals surface area contributed by atoms with E-state index < -0.39 is 0 Å². The second kappa shape index (κ2) is 6.87. The van der Waals surface area contributed by atoms with Gasteiger partial charge in [-0.05, 0) is 59.9 Å². The minimum absolute atomic E-state index is 1.77. The first-order valence-electron chi connectivity index (χ1n) is 1.80. The predicted octanol–water partition coefficient (Wildman–Crippen LogP) is 5.09. The van der Waals surface area contributed by atoms with Crippen molar-refractivity contribution >= 4 is 70.7 Å². The van der Waals surface area contributed by atoms with E-state index in [-0.39, 0.29) is 0 Å². The van der Waals surface area contributed by atoms with E-state index in [2.05, 4.69) is 10.8 Å². The molecule has 1 rings (SSSR count). The SMILES string of the molecule is C1=C\SSSSSSS/1. The van der Waals surface area contributed by atoms with E-state index in [0.717, 1.165) is 0 Å². The van der Waals surface area contributed by atoms with Crippen LogP contribution in [-0.2, 0) is 0 Å². The largest absolute Gasteiger partial charge is 0.0527 e. The van der Waals surface area contributed by atoms with Gasteiger partial charge in [0.25, 0.3) is 0 Å². The van der Waals surface area contributed by atoms with Gasteiger partial charge in [-0.3, -0.25) is 0 Å². The van der Waals surface area contributed by atoms with Gasteiger partial charge >= 0.3 is 0 Å². The summed E-state index contributed by atoms with van der Waals surface area (Å²) in [6.45, 7) is 0. The third-order valence-corrected chi connectivity index (χ3v) is 12.6. The molecule has 0 aromatic heterocycles. The molecule has 0 bridgehead atoms. The summed E-state index contributed by atoms with van der Waals surface area (Å²) >= 11 is 0. The van der Waals surface area contributed by atoms with Crippen molar-refractivity contribution in [1.82, 2.24) is 0 Å². The lowest BCUT2D eigenvalue weighted by molar-refractivity contribution is 2.60. The van der Waals surface area contributed by atoms with Crippen LogP contribution >= 0.6 is 70.7 Å². The second-order valence-electron chi connectivity index (χ2n) is 0.805. The van der Waals surface area contributed by atoms with Crippen LogP contribution in [0, 0.1) is 0 Å². The van der Waals surface area contributed by atoms with Crippen molar-refractivity contribution in [3.63, 3.8) is 0 Å². The van der Waals surface area contributed by atoms with Crippen LogP contribution in [0.3, 0.4) is 0 Å². The standard InChI is InChI=1S/C2H2S7/c1-2-4-6-8-9-7-5-3-1/h1-2H/b2-1-. The molecule has 9 heavy (non-hydrogen) atoms. The molecule has 0 nitrogen and oxygen atoms in total. The molecule has 0 radical (unpaired) electrons. The lowest BCUT2D eigenvalue weighted by Crippen LogP contribution is -1.32. The molecule has 1 heterocycles. The van der Waals surface area contributed by atoms with E-state index in [4.69, 9.17) is 0 Å².